The lowest BCUT2D eigenvalue weighted by Gasteiger charge is -2.14. The van der Waals surface area contributed by atoms with Crippen molar-refractivity contribution >= 4 is 16.7 Å². The van der Waals surface area contributed by atoms with Gasteiger partial charge in [0.15, 0.2) is 5.69 Å². The molecule has 6 nitrogen and oxygen atoms in total. The Kier molecular flexibility index (Phi) is 4.54. The van der Waals surface area contributed by atoms with Crippen molar-refractivity contribution < 1.29 is 27.4 Å². The molecule has 136 valence electrons. The highest BCUT2D eigenvalue weighted by molar-refractivity contribution is 5.94. The number of rotatable bonds is 4. The van der Waals surface area contributed by atoms with Crippen LogP contribution in [0.25, 0.3) is 16.5 Å². The van der Waals surface area contributed by atoms with Gasteiger partial charge in [-0.3, -0.25) is 0 Å². The summed E-state index contributed by atoms with van der Waals surface area (Å²) in [5.41, 5.74) is -1.69. The molecule has 0 saturated carbocycles. The maximum atomic E-state index is 13.7. The van der Waals surface area contributed by atoms with E-state index in [0.717, 1.165) is 6.20 Å². The number of pyridine rings is 1. The van der Waals surface area contributed by atoms with Gasteiger partial charge in [0.05, 0.1) is 25.6 Å². The van der Waals surface area contributed by atoms with Gasteiger partial charge in [0.25, 0.3) is 0 Å². The summed E-state index contributed by atoms with van der Waals surface area (Å²) in [7, 11) is 1.42. The molecule has 0 N–H and O–H groups in total. The number of nitrogens with zero attached hydrogens (tertiary/aromatic N) is 3. The molecule has 0 amide bonds. The van der Waals surface area contributed by atoms with Gasteiger partial charge in [-0.15, -0.1) is 0 Å². The summed E-state index contributed by atoms with van der Waals surface area (Å²) in [4.78, 5) is 16.0. The van der Waals surface area contributed by atoms with Gasteiger partial charge < -0.3 is 9.47 Å². The number of esters is 1. The summed E-state index contributed by atoms with van der Waals surface area (Å²) in [6.07, 6.45) is -2.52. The zero-order chi connectivity index (χ0) is 18.9. The molecular formula is C17H14F3N3O3. The summed E-state index contributed by atoms with van der Waals surface area (Å²) >= 11 is 0. The van der Waals surface area contributed by atoms with E-state index < -0.39 is 23.4 Å². The highest BCUT2D eigenvalue weighted by Gasteiger charge is 2.41. The van der Waals surface area contributed by atoms with Crippen molar-refractivity contribution in [2.75, 3.05) is 13.7 Å². The number of fused-ring (bicyclic) bond motifs is 1. The van der Waals surface area contributed by atoms with Crippen molar-refractivity contribution in [3.05, 3.63) is 47.9 Å². The summed E-state index contributed by atoms with van der Waals surface area (Å²) in [5, 5.41) is 4.77. The molecular weight excluding hydrogens is 351 g/mol. The maximum Gasteiger partial charge on any atom is 0.434 e. The third-order valence-corrected chi connectivity index (χ3v) is 3.70. The molecule has 0 unspecified atom stereocenters. The Morgan fingerprint density at radius 2 is 2.00 bits per heavy atom. The van der Waals surface area contributed by atoms with E-state index in [-0.39, 0.29) is 18.2 Å². The van der Waals surface area contributed by atoms with Crippen LogP contribution < -0.4 is 4.74 Å². The van der Waals surface area contributed by atoms with Crippen LogP contribution in [0, 0.1) is 0 Å². The van der Waals surface area contributed by atoms with E-state index in [1.54, 1.807) is 18.2 Å². The molecule has 0 atom stereocenters. The first-order chi connectivity index (χ1) is 12.4. The summed E-state index contributed by atoms with van der Waals surface area (Å²) in [6.45, 7) is 1.47. The minimum atomic E-state index is -4.81. The third kappa shape index (κ3) is 2.96. The van der Waals surface area contributed by atoms with Crippen molar-refractivity contribution in [2.24, 2.45) is 0 Å². The van der Waals surface area contributed by atoms with Crippen LogP contribution in [0.5, 0.6) is 5.88 Å². The number of halogens is 3. The van der Waals surface area contributed by atoms with Crippen molar-refractivity contribution in [3.63, 3.8) is 0 Å². The quantitative estimate of drug-likeness (QED) is 0.661. The molecule has 0 fully saturated rings. The lowest BCUT2D eigenvalue weighted by Crippen LogP contribution is -2.18. The Morgan fingerprint density at radius 3 is 2.65 bits per heavy atom. The number of hydrogen-bond acceptors (Lipinski definition) is 5. The Balaban J connectivity index is 2.29. The molecule has 3 rings (SSSR count). The number of alkyl halides is 3. The lowest BCUT2D eigenvalue weighted by atomic mass is 10.1. The number of ether oxygens (including phenoxy) is 2. The van der Waals surface area contributed by atoms with E-state index in [1.165, 1.54) is 26.3 Å². The lowest BCUT2D eigenvalue weighted by molar-refractivity contribution is -0.143. The van der Waals surface area contributed by atoms with Crippen molar-refractivity contribution in [3.8, 4) is 11.6 Å². The van der Waals surface area contributed by atoms with Crippen LogP contribution in [-0.4, -0.2) is 34.5 Å². The van der Waals surface area contributed by atoms with Gasteiger partial charge in [-0.2, -0.15) is 18.3 Å². The molecule has 0 aliphatic carbocycles. The fraction of sp³-hybridized carbons (Fsp3) is 0.235. The second-order valence-electron chi connectivity index (χ2n) is 5.23. The first kappa shape index (κ1) is 17.7. The molecule has 0 aliphatic rings. The Labute approximate surface area is 146 Å². The van der Waals surface area contributed by atoms with Gasteiger partial charge in [0, 0.05) is 17.0 Å². The number of methoxy groups -OCH3 is 1. The minimum Gasteiger partial charge on any atom is -0.481 e. The molecule has 0 bridgehead atoms. The summed E-state index contributed by atoms with van der Waals surface area (Å²) in [6, 6.07) is 6.26. The van der Waals surface area contributed by atoms with E-state index in [9.17, 15) is 18.0 Å². The smallest absolute Gasteiger partial charge is 0.434 e. The Hall–Kier alpha value is -3.10. The SMILES string of the molecule is CCOC(=O)c1cnn(-c2cccc3c(OC)nccc23)c1C(F)(F)F. The van der Waals surface area contributed by atoms with Crippen LogP contribution in [0.15, 0.2) is 36.7 Å². The number of carbonyl (C=O) groups is 1. The van der Waals surface area contributed by atoms with Gasteiger partial charge in [-0.25, -0.2) is 14.5 Å². The summed E-state index contributed by atoms with van der Waals surface area (Å²) in [5.74, 6) is -0.804. The molecule has 1 aromatic carbocycles. The van der Waals surface area contributed by atoms with Crippen LogP contribution in [0.4, 0.5) is 13.2 Å². The van der Waals surface area contributed by atoms with E-state index in [1.807, 2.05) is 0 Å². The van der Waals surface area contributed by atoms with Gasteiger partial charge in [-0.1, -0.05) is 6.07 Å². The predicted molar refractivity (Wildman–Crippen MR) is 86.4 cm³/mol. The molecule has 2 heterocycles. The van der Waals surface area contributed by atoms with Crippen molar-refractivity contribution in [1.82, 2.24) is 14.8 Å². The average Bonchev–Trinajstić information content (AvgIpc) is 3.06. The molecule has 9 heteroatoms. The molecule has 0 spiro atoms. The normalized spacial score (nSPS) is 11.6. The number of hydrogen-bond donors (Lipinski definition) is 0. The molecule has 0 saturated heterocycles. The maximum absolute atomic E-state index is 13.7. The number of carbonyl (C=O) groups excluding carboxylic acids is 1. The van der Waals surface area contributed by atoms with Gasteiger partial charge in [0.2, 0.25) is 5.88 Å². The van der Waals surface area contributed by atoms with E-state index in [4.69, 9.17) is 9.47 Å². The monoisotopic (exact) mass is 365 g/mol. The van der Waals surface area contributed by atoms with E-state index in [0.29, 0.717) is 15.5 Å². The predicted octanol–water partition coefficient (Wildman–Crippen LogP) is 3.62. The van der Waals surface area contributed by atoms with E-state index in [2.05, 4.69) is 10.1 Å². The highest BCUT2D eigenvalue weighted by Crippen LogP contribution is 2.36. The van der Waals surface area contributed by atoms with Crippen LogP contribution in [0.2, 0.25) is 0 Å². The summed E-state index contributed by atoms with van der Waals surface area (Å²) < 4.78 is 51.6. The third-order valence-electron chi connectivity index (χ3n) is 3.70. The largest absolute Gasteiger partial charge is 0.481 e. The van der Waals surface area contributed by atoms with E-state index >= 15 is 0 Å². The zero-order valence-electron chi connectivity index (χ0n) is 13.9. The van der Waals surface area contributed by atoms with Crippen LogP contribution in [0.1, 0.15) is 23.0 Å². The average molecular weight is 365 g/mol. The van der Waals surface area contributed by atoms with Gasteiger partial charge in [-0.05, 0) is 25.1 Å². The van der Waals surface area contributed by atoms with Crippen molar-refractivity contribution in [1.29, 1.82) is 0 Å². The first-order valence-corrected chi connectivity index (χ1v) is 7.63. The number of benzene rings is 1. The van der Waals surface area contributed by atoms with Crippen LogP contribution >= 0.6 is 0 Å². The minimum absolute atomic E-state index is 0.0432. The first-order valence-electron chi connectivity index (χ1n) is 7.63. The number of aromatic nitrogens is 3. The Morgan fingerprint density at radius 1 is 1.23 bits per heavy atom. The Bertz CT molecular complexity index is 967. The van der Waals surface area contributed by atoms with Gasteiger partial charge >= 0.3 is 12.1 Å². The molecule has 3 aromatic rings. The second-order valence-corrected chi connectivity index (χ2v) is 5.23. The second kappa shape index (κ2) is 6.66. The zero-order valence-corrected chi connectivity index (χ0v) is 13.9. The topological polar surface area (TPSA) is 66.2 Å². The fourth-order valence-corrected chi connectivity index (χ4v) is 2.67. The van der Waals surface area contributed by atoms with Crippen molar-refractivity contribution in [2.45, 2.75) is 13.1 Å². The fourth-order valence-electron chi connectivity index (χ4n) is 2.67. The molecule has 0 radical (unpaired) electrons. The van der Waals surface area contributed by atoms with Gasteiger partial charge in [0.1, 0.15) is 5.56 Å². The molecule has 0 aliphatic heterocycles. The van der Waals surface area contributed by atoms with Crippen LogP contribution in [-0.2, 0) is 10.9 Å². The standard InChI is InChI=1S/C17H14F3N3O3/c1-3-26-16(24)12-9-22-23(14(12)17(18,19)20)13-6-4-5-11-10(13)7-8-21-15(11)25-2/h4-9H,3H2,1-2H3. The molecule has 26 heavy (non-hydrogen) atoms. The van der Waals surface area contributed by atoms with Crippen LogP contribution in [0.3, 0.4) is 0 Å². The molecule has 2 aromatic heterocycles. The highest BCUT2D eigenvalue weighted by atomic mass is 19.4.